The predicted molar refractivity (Wildman–Crippen MR) is 108 cm³/mol. The Balaban J connectivity index is 0.000000423. The van der Waals surface area contributed by atoms with E-state index in [0.29, 0.717) is 5.92 Å². The fourth-order valence-electron chi connectivity index (χ4n) is 3.35. The minimum Gasteiger partial charge on any atom is -0.497 e. The van der Waals surface area contributed by atoms with Gasteiger partial charge in [0.25, 0.3) is 0 Å². The maximum atomic E-state index is 10.6. The fraction of sp³-hybridized carbons (Fsp3) is 0.476. The molecular formula is C21H26F3N3O4. The average Bonchev–Trinajstić information content (AvgIpc) is 2.74. The first-order valence-electron chi connectivity index (χ1n) is 9.65. The molecule has 0 radical (unpaired) electrons. The lowest BCUT2D eigenvalue weighted by atomic mass is 9.88. The highest BCUT2D eigenvalue weighted by Crippen LogP contribution is 2.27. The van der Waals surface area contributed by atoms with Gasteiger partial charge in [0.05, 0.1) is 18.9 Å². The smallest absolute Gasteiger partial charge is 0.490 e. The zero-order valence-corrected chi connectivity index (χ0v) is 17.6. The molecule has 1 N–H and O–H groups in total. The molecule has 0 spiro atoms. The number of carboxylic acid groups (broad SMARTS) is 1. The van der Waals surface area contributed by atoms with E-state index < -0.39 is 12.1 Å². The summed E-state index contributed by atoms with van der Waals surface area (Å²) in [5, 5.41) is 15.6. The molecule has 1 aromatic carbocycles. The highest BCUT2D eigenvalue weighted by Gasteiger charge is 2.38. The summed E-state index contributed by atoms with van der Waals surface area (Å²) < 4.78 is 42.7. The summed E-state index contributed by atoms with van der Waals surface area (Å²) in [6.07, 6.45) is -2.81. The van der Waals surface area contributed by atoms with Crippen molar-refractivity contribution < 1.29 is 32.5 Å². The molecular weight excluding hydrogens is 415 g/mol. The van der Waals surface area contributed by atoms with Gasteiger partial charge in [-0.1, -0.05) is 12.1 Å². The van der Waals surface area contributed by atoms with Crippen LogP contribution in [-0.4, -0.2) is 60.9 Å². The quantitative estimate of drug-likeness (QED) is 0.760. The summed E-state index contributed by atoms with van der Waals surface area (Å²) in [4.78, 5) is 11.2. The number of aromatic nitrogens is 2. The number of carboxylic acids is 1. The number of hydrogen-bond donors (Lipinski definition) is 1. The molecule has 1 saturated heterocycles. The normalized spacial score (nSPS) is 18.7. The summed E-state index contributed by atoms with van der Waals surface area (Å²) in [5.41, 5.74) is 2.25. The molecule has 1 aliphatic heterocycles. The molecule has 0 saturated carbocycles. The molecule has 1 fully saturated rings. The lowest BCUT2D eigenvalue weighted by Crippen LogP contribution is -2.45. The van der Waals surface area contributed by atoms with Crippen molar-refractivity contribution in [2.24, 2.45) is 5.92 Å². The Morgan fingerprint density at radius 2 is 1.81 bits per heavy atom. The number of nitrogens with zero attached hydrogens (tertiary/aromatic N) is 3. The Bertz CT molecular complexity index is 829. The van der Waals surface area contributed by atoms with Gasteiger partial charge in [0.1, 0.15) is 5.75 Å². The summed E-state index contributed by atoms with van der Waals surface area (Å²) >= 11 is 0. The number of aliphatic carboxylic acids is 1. The van der Waals surface area contributed by atoms with Crippen LogP contribution in [0.4, 0.5) is 19.0 Å². The second-order valence-electron chi connectivity index (χ2n) is 7.16. The third-order valence-corrected chi connectivity index (χ3v) is 4.97. The zero-order chi connectivity index (χ0) is 23.0. The second-order valence-corrected chi connectivity index (χ2v) is 7.16. The summed E-state index contributed by atoms with van der Waals surface area (Å²) in [6.45, 7) is 3.85. The van der Waals surface area contributed by atoms with Crippen LogP contribution in [0.3, 0.4) is 0 Å². The van der Waals surface area contributed by atoms with Crippen molar-refractivity contribution in [3.63, 3.8) is 0 Å². The van der Waals surface area contributed by atoms with E-state index in [-0.39, 0.29) is 6.10 Å². The number of ether oxygens (including phenoxy) is 2. The fourth-order valence-corrected chi connectivity index (χ4v) is 3.35. The van der Waals surface area contributed by atoms with E-state index in [1.165, 1.54) is 5.56 Å². The van der Waals surface area contributed by atoms with Crippen LogP contribution in [-0.2, 0) is 16.0 Å². The van der Waals surface area contributed by atoms with Crippen molar-refractivity contribution in [1.29, 1.82) is 0 Å². The molecule has 7 nitrogen and oxygen atoms in total. The molecule has 1 aliphatic rings. The average molecular weight is 441 g/mol. The monoisotopic (exact) mass is 441 g/mol. The van der Waals surface area contributed by atoms with Crippen LogP contribution in [0.15, 0.2) is 36.4 Å². The van der Waals surface area contributed by atoms with E-state index in [1.54, 1.807) is 7.11 Å². The van der Waals surface area contributed by atoms with E-state index in [4.69, 9.17) is 19.4 Å². The van der Waals surface area contributed by atoms with E-state index in [1.807, 2.05) is 32.2 Å². The molecule has 2 atom stereocenters. The van der Waals surface area contributed by atoms with Gasteiger partial charge >= 0.3 is 12.1 Å². The Morgan fingerprint density at radius 1 is 1.16 bits per heavy atom. The summed E-state index contributed by atoms with van der Waals surface area (Å²) in [6, 6.07) is 12.4. The third-order valence-electron chi connectivity index (χ3n) is 4.97. The molecule has 170 valence electrons. The van der Waals surface area contributed by atoms with Crippen molar-refractivity contribution in [2.45, 2.75) is 32.0 Å². The largest absolute Gasteiger partial charge is 0.497 e. The molecule has 2 heterocycles. The van der Waals surface area contributed by atoms with Crippen LogP contribution in [0, 0.1) is 12.8 Å². The van der Waals surface area contributed by atoms with Gasteiger partial charge < -0.3 is 19.5 Å². The Hall–Kier alpha value is -2.88. The highest BCUT2D eigenvalue weighted by molar-refractivity contribution is 5.73. The van der Waals surface area contributed by atoms with E-state index in [0.717, 1.165) is 43.2 Å². The first-order valence-corrected chi connectivity index (χ1v) is 9.65. The van der Waals surface area contributed by atoms with Crippen LogP contribution < -0.4 is 9.64 Å². The number of benzene rings is 1. The highest BCUT2D eigenvalue weighted by atomic mass is 19.4. The molecule has 31 heavy (non-hydrogen) atoms. The molecule has 0 aliphatic carbocycles. The van der Waals surface area contributed by atoms with Crippen molar-refractivity contribution in [1.82, 2.24) is 10.2 Å². The summed E-state index contributed by atoms with van der Waals surface area (Å²) in [7, 11) is 3.50. The Morgan fingerprint density at radius 3 is 2.29 bits per heavy atom. The summed E-state index contributed by atoms with van der Waals surface area (Å²) in [5.74, 6) is -0.482. The number of anilines is 1. The van der Waals surface area contributed by atoms with Crippen molar-refractivity contribution in [2.75, 3.05) is 32.2 Å². The second kappa shape index (κ2) is 10.9. The molecule has 10 heteroatoms. The topological polar surface area (TPSA) is 84.8 Å². The van der Waals surface area contributed by atoms with Gasteiger partial charge in [0.15, 0.2) is 5.82 Å². The molecule has 3 rings (SSSR count). The number of methoxy groups -OCH3 is 2. The molecule has 1 aromatic heterocycles. The number of alkyl halides is 3. The molecule has 0 unspecified atom stereocenters. The van der Waals surface area contributed by atoms with Crippen LogP contribution in [0.25, 0.3) is 0 Å². The van der Waals surface area contributed by atoms with E-state index in [9.17, 15) is 13.2 Å². The first-order chi connectivity index (χ1) is 14.6. The van der Waals surface area contributed by atoms with Gasteiger partial charge in [-0.25, -0.2) is 4.79 Å². The van der Waals surface area contributed by atoms with Crippen LogP contribution in [0.2, 0.25) is 0 Å². The van der Waals surface area contributed by atoms with Crippen molar-refractivity contribution >= 4 is 11.8 Å². The molecule has 0 bridgehead atoms. The van der Waals surface area contributed by atoms with Crippen molar-refractivity contribution in [3.8, 4) is 5.75 Å². The number of carbonyl (C=O) groups is 1. The van der Waals surface area contributed by atoms with Crippen LogP contribution in [0.1, 0.15) is 17.7 Å². The predicted octanol–water partition coefficient (Wildman–Crippen LogP) is 3.51. The third kappa shape index (κ3) is 7.39. The maximum absolute atomic E-state index is 10.6. The first kappa shape index (κ1) is 24.4. The van der Waals surface area contributed by atoms with Crippen LogP contribution >= 0.6 is 0 Å². The Labute approximate surface area is 178 Å². The van der Waals surface area contributed by atoms with E-state index >= 15 is 0 Å². The van der Waals surface area contributed by atoms with Gasteiger partial charge in [0.2, 0.25) is 0 Å². The van der Waals surface area contributed by atoms with Gasteiger partial charge in [0, 0.05) is 26.1 Å². The molecule has 2 aromatic rings. The van der Waals surface area contributed by atoms with Crippen LogP contribution in [0.5, 0.6) is 5.75 Å². The van der Waals surface area contributed by atoms with Gasteiger partial charge in [-0.05, 0) is 49.6 Å². The number of hydrogen-bond acceptors (Lipinski definition) is 6. The van der Waals surface area contributed by atoms with Gasteiger partial charge in [-0.3, -0.25) is 0 Å². The number of aryl methyl sites for hydroxylation is 1. The van der Waals surface area contributed by atoms with Gasteiger partial charge in [-0.15, -0.1) is 5.10 Å². The number of halogens is 3. The SMILES string of the molecule is COc1ccc(C[C@H]2CN(c3ccc(C)nn3)CC[C@H]2OC)cc1.O=C(O)C(F)(F)F. The molecule has 0 amide bonds. The minimum absolute atomic E-state index is 0.279. The number of piperidine rings is 1. The standard InChI is InChI=1S/C19H25N3O2.C2HF3O2/c1-14-4-9-19(21-20-14)22-11-10-18(24-3)16(13-22)12-15-5-7-17(23-2)8-6-15;3-2(4,5)1(6)7/h4-9,16,18H,10-13H2,1-3H3;(H,6,7)/t16-,18+;/m0./s1. The van der Waals surface area contributed by atoms with Gasteiger partial charge in [-0.2, -0.15) is 18.3 Å². The Kier molecular flexibility index (Phi) is 8.61. The lowest BCUT2D eigenvalue weighted by molar-refractivity contribution is -0.192. The minimum atomic E-state index is -5.08. The maximum Gasteiger partial charge on any atom is 0.490 e. The van der Waals surface area contributed by atoms with Crippen molar-refractivity contribution in [3.05, 3.63) is 47.7 Å². The van der Waals surface area contributed by atoms with E-state index in [2.05, 4.69) is 33.3 Å². The zero-order valence-electron chi connectivity index (χ0n) is 17.6. The number of rotatable bonds is 5. The lowest BCUT2D eigenvalue weighted by Gasteiger charge is -2.38.